The molecule has 1 amide bonds. The van der Waals surface area contributed by atoms with Gasteiger partial charge in [0.2, 0.25) is 5.91 Å². The van der Waals surface area contributed by atoms with Gasteiger partial charge in [0.25, 0.3) is 0 Å². The van der Waals surface area contributed by atoms with Crippen LogP contribution in [0, 0.1) is 0 Å². The average molecular weight is 285 g/mol. The van der Waals surface area contributed by atoms with Crippen molar-refractivity contribution in [2.45, 2.75) is 6.54 Å². The number of amides is 1. The maximum Gasteiger partial charge on any atom is 0.337 e. The normalized spacial score (nSPS) is 18.2. The summed E-state index contributed by atoms with van der Waals surface area (Å²) >= 11 is 0. The van der Waals surface area contributed by atoms with Crippen molar-refractivity contribution in [3.8, 4) is 0 Å². The number of carboxylic acid groups (broad SMARTS) is 1. The van der Waals surface area contributed by atoms with E-state index in [1.165, 1.54) is 18.2 Å². The van der Waals surface area contributed by atoms with Crippen LogP contribution < -0.4 is 10.5 Å². The van der Waals surface area contributed by atoms with Crippen molar-refractivity contribution in [2.75, 3.05) is 12.3 Å². The third-order valence-corrected chi connectivity index (χ3v) is 4.03. The number of carbonyl (C=O) groups excluding carboxylic acids is 1. The molecule has 0 radical (unpaired) electrons. The number of nitrogens with zero attached hydrogens (tertiary/aromatic N) is 1. The minimum atomic E-state index is -3.80. The lowest BCUT2D eigenvalue weighted by Gasteiger charge is -2.13. The summed E-state index contributed by atoms with van der Waals surface area (Å²) in [5, 5.41) is 8.82. The smallest absolute Gasteiger partial charge is 0.337 e. The van der Waals surface area contributed by atoms with E-state index in [0.29, 0.717) is 5.56 Å². The zero-order valence-electron chi connectivity index (χ0n) is 9.66. The average Bonchev–Trinajstić information content (AvgIpc) is 2.51. The molecule has 1 aliphatic heterocycles. The second-order valence-electron chi connectivity index (χ2n) is 4.03. The monoisotopic (exact) mass is 285 g/mol. The van der Waals surface area contributed by atoms with Gasteiger partial charge in [-0.1, -0.05) is 6.07 Å². The number of anilines is 1. The molecule has 1 heterocycles. The highest BCUT2D eigenvalue weighted by Crippen LogP contribution is 2.18. The highest BCUT2D eigenvalue weighted by Gasteiger charge is 2.33. The Morgan fingerprint density at radius 3 is 2.63 bits per heavy atom. The van der Waals surface area contributed by atoms with E-state index in [0.717, 1.165) is 4.31 Å². The van der Waals surface area contributed by atoms with E-state index in [1.807, 2.05) is 4.72 Å². The number of carbonyl (C=O) groups is 2. The van der Waals surface area contributed by atoms with E-state index in [1.54, 1.807) is 0 Å². The van der Waals surface area contributed by atoms with E-state index in [-0.39, 0.29) is 24.3 Å². The Hall–Kier alpha value is -2.13. The fourth-order valence-electron chi connectivity index (χ4n) is 1.74. The van der Waals surface area contributed by atoms with Gasteiger partial charge in [-0.05, 0) is 17.7 Å². The molecule has 8 nitrogen and oxygen atoms in total. The molecule has 0 atom stereocenters. The first-order chi connectivity index (χ1) is 8.79. The third-order valence-electron chi connectivity index (χ3n) is 2.61. The number of rotatable bonds is 3. The summed E-state index contributed by atoms with van der Waals surface area (Å²) in [6.07, 6.45) is 0. The van der Waals surface area contributed by atoms with Crippen LogP contribution in [0.4, 0.5) is 5.69 Å². The van der Waals surface area contributed by atoms with Crippen LogP contribution in [0.2, 0.25) is 0 Å². The van der Waals surface area contributed by atoms with Crippen molar-refractivity contribution in [1.29, 1.82) is 0 Å². The number of aromatic carboxylic acids is 1. The van der Waals surface area contributed by atoms with Crippen LogP contribution in [0.1, 0.15) is 15.9 Å². The van der Waals surface area contributed by atoms with Gasteiger partial charge in [-0.2, -0.15) is 12.7 Å². The Labute approximate surface area is 109 Å². The highest BCUT2D eigenvalue weighted by molar-refractivity contribution is 7.88. The van der Waals surface area contributed by atoms with E-state index in [4.69, 9.17) is 10.8 Å². The molecule has 1 aliphatic rings. The lowest BCUT2D eigenvalue weighted by molar-refractivity contribution is -0.118. The molecule has 0 aromatic heterocycles. The molecular weight excluding hydrogens is 274 g/mol. The summed E-state index contributed by atoms with van der Waals surface area (Å²) in [5.74, 6) is -1.76. The molecule has 9 heteroatoms. The van der Waals surface area contributed by atoms with Crippen LogP contribution in [0.5, 0.6) is 0 Å². The van der Waals surface area contributed by atoms with E-state index in [9.17, 15) is 18.0 Å². The van der Waals surface area contributed by atoms with E-state index in [2.05, 4.69) is 0 Å². The Bertz CT molecular complexity index is 655. The van der Waals surface area contributed by atoms with Crippen LogP contribution in [0.15, 0.2) is 18.2 Å². The third kappa shape index (κ3) is 2.66. The lowest BCUT2D eigenvalue weighted by atomic mass is 10.1. The van der Waals surface area contributed by atoms with Gasteiger partial charge in [0, 0.05) is 12.2 Å². The molecule has 102 valence electrons. The second-order valence-corrected chi connectivity index (χ2v) is 5.70. The zero-order valence-corrected chi connectivity index (χ0v) is 10.5. The van der Waals surface area contributed by atoms with Gasteiger partial charge in [0.1, 0.15) is 0 Å². The molecule has 1 aromatic rings. The van der Waals surface area contributed by atoms with Gasteiger partial charge in [0.15, 0.2) is 0 Å². The molecule has 2 rings (SSSR count). The first-order valence-electron chi connectivity index (χ1n) is 5.22. The number of nitrogens with two attached hydrogens (primary N) is 1. The predicted octanol–water partition coefficient (Wildman–Crippen LogP) is -0.856. The van der Waals surface area contributed by atoms with Crippen molar-refractivity contribution >= 4 is 27.8 Å². The number of benzene rings is 1. The molecule has 0 bridgehead atoms. The summed E-state index contributed by atoms with van der Waals surface area (Å²) in [6.45, 7) is -0.311. The summed E-state index contributed by atoms with van der Waals surface area (Å²) in [6, 6.07) is 4.13. The molecule has 0 aliphatic carbocycles. The largest absolute Gasteiger partial charge is 0.478 e. The van der Waals surface area contributed by atoms with Crippen LogP contribution in [0.3, 0.4) is 0 Å². The number of hydrogen-bond acceptors (Lipinski definition) is 5. The van der Waals surface area contributed by atoms with Gasteiger partial charge in [0.05, 0.1) is 12.1 Å². The minimum absolute atomic E-state index is 0.0425. The van der Waals surface area contributed by atoms with Gasteiger partial charge in [-0.3, -0.25) is 4.79 Å². The Kier molecular flexibility index (Phi) is 3.16. The summed E-state index contributed by atoms with van der Waals surface area (Å²) in [4.78, 5) is 21.8. The topological polar surface area (TPSA) is 130 Å². The molecule has 0 spiro atoms. The molecular formula is C10H11N3O5S. The molecule has 1 fully saturated rings. The van der Waals surface area contributed by atoms with Crippen molar-refractivity contribution in [3.05, 3.63) is 29.3 Å². The summed E-state index contributed by atoms with van der Waals surface area (Å²) in [7, 11) is -3.80. The van der Waals surface area contributed by atoms with Crippen LogP contribution in [-0.2, 0) is 21.5 Å². The molecule has 1 aromatic carbocycles. The van der Waals surface area contributed by atoms with Crippen LogP contribution in [0.25, 0.3) is 0 Å². The van der Waals surface area contributed by atoms with Crippen molar-refractivity contribution in [3.63, 3.8) is 0 Å². The fraction of sp³-hybridized carbons (Fsp3) is 0.200. The molecule has 4 N–H and O–H groups in total. The molecule has 0 unspecified atom stereocenters. The minimum Gasteiger partial charge on any atom is -0.478 e. The summed E-state index contributed by atoms with van der Waals surface area (Å²) < 4.78 is 25.8. The SMILES string of the molecule is Nc1cc(CN2CC(=O)NS2(=O)=O)ccc1C(=O)O. The number of carboxylic acids is 1. The quantitative estimate of drug-likeness (QED) is 0.620. The standard InChI is InChI=1S/C10H11N3O5S/c11-8-3-6(1-2-7(8)10(15)16)4-13-5-9(14)12-19(13,17)18/h1-3H,4-5,11H2,(H,12,14)(H,15,16). The Balaban J connectivity index is 2.23. The van der Waals surface area contributed by atoms with E-state index >= 15 is 0 Å². The number of nitrogen functional groups attached to an aromatic ring is 1. The molecule has 1 saturated heterocycles. The first kappa shape index (κ1) is 13.3. The molecule has 0 saturated carbocycles. The van der Waals surface area contributed by atoms with Crippen molar-refractivity contribution in [2.24, 2.45) is 0 Å². The lowest BCUT2D eigenvalue weighted by Crippen LogP contribution is -2.29. The van der Waals surface area contributed by atoms with E-state index < -0.39 is 22.1 Å². The predicted molar refractivity (Wildman–Crippen MR) is 65.3 cm³/mol. The maximum atomic E-state index is 11.5. The van der Waals surface area contributed by atoms with Gasteiger partial charge in [-0.25, -0.2) is 9.52 Å². The van der Waals surface area contributed by atoms with Crippen LogP contribution >= 0.6 is 0 Å². The van der Waals surface area contributed by atoms with Crippen molar-refractivity contribution < 1.29 is 23.1 Å². The number of nitrogens with one attached hydrogen (secondary N) is 1. The van der Waals surface area contributed by atoms with Gasteiger partial charge in [-0.15, -0.1) is 0 Å². The first-order valence-corrected chi connectivity index (χ1v) is 6.66. The zero-order chi connectivity index (χ0) is 14.2. The van der Waals surface area contributed by atoms with Gasteiger partial charge >= 0.3 is 16.2 Å². The number of hydrogen-bond donors (Lipinski definition) is 3. The Morgan fingerprint density at radius 2 is 2.16 bits per heavy atom. The molecule has 19 heavy (non-hydrogen) atoms. The van der Waals surface area contributed by atoms with Gasteiger partial charge < -0.3 is 10.8 Å². The highest BCUT2D eigenvalue weighted by atomic mass is 32.2. The Morgan fingerprint density at radius 1 is 1.47 bits per heavy atom. The maximum absolute atomic E-state index is 11.5. The van der Waals surface area contributed by atoms with Crippen LogP contribution in [-0.4, -0.2) is 36.3 Å². The van der Waals surface area contributed by atoms with Crippen molar-refractivity contribution in [1.82, 2.24) is 9.03 Å². The fourth-order valence-corrected chi connectivity index (χ4v) is 2.82. The second kappa shape index (κ2) is 4.52. The summed E-state index contributed by atoms with van der Waals surface area (Å²) in [5.41, 5.74) is 6.05.